The smallest absolute Gasteiger partial charge is 0.257 e. The standard InChI is InChI=1S/C18H26N4O3S2/c1-5-12(4)22-27(24,25)15-10-8-14(9-11-15)16(23)19-18-21-20-17(26-18)13(6-2)7-3/h8-13,22H,5-7H2,1-4H3,(H,19,21,23). The maximum atomic E-state index is 12.4. The fraction of sp³-hybridized carbons (Fsp3) is 0.500. The second-order valence-corrected chi connectivity index (χ2v) is 9.09. The van der Waals surface area contributed by atoms with Crippen molar-refractivity contribution in [2.45, 2.75) is 63.8 Å². The summed E-state index contributed by atoms with van der Waals surface area (Å²) in [6.45, 7) is 7.90. The SMILES string of the molecule is CCC(C)NS(=O)(=O)c1ccc(C(=O)Nc2nnc(C(CC)CC)s2)cc1. The third kappa shape index (κ3) is 5.57. The Bertz CT molecular complexity index is 859. The summed E-state index contributed by atoms with van der Waals surface area (Å²) < 4.78 is 27.1. The Balaban J connectivity index is 2.08. The maximum Gasteiger partial charge on any atom is 0.257 e. The van der Waals surface area contributed by atoms with E-state index in [0.717, 1.165) is 17.8 Å². The van der Waals surface area contributed by atoms with Crippen molar-refractivity contribution >= 4 is 32.4 Å². The average Bonchev–Trinajstić information content (AvgIpc) is 3.10. The van der Waals surface area contributed by atoms with E-state index < -0.39 is 10.0 Å². The Morgan fingerprint density at radius 3 is 2.26 bits per heavy atom. The van der Waals surface area contributed by atoms with Crippen LogP contribution in [0.15, 0.2) is 29.2 Å². The van der Waals surface area contributed by atoms with Crippen molar-refractivity contribution in [2.75, 3.05) is 5.32 Å². The molecule has 1 heterocycles. The van der Waals surface area contributed by atoms with E-state index in [0.29, 0.717) is 23.0 Å². The molecule has 2 N–H and O–H groups in total. The summed E-state index contributed by atoms with van der Waals surface area (Å²) in [5, 5.41) is 12.3. The molecule has 0 fully saturated rings. The number of sulfonamides is 1. The second-order valence-electron chi connectivity index (χ2n) is 6.37. The highest BCUT2D eigenvalue weighted by Gasteiger charge is 2.18. The van der Waals surface area contributed by atoms with Crippen LogP contribution in [0.2, 0.25) is 0 Å². The van der Waals surface area contributed by atoms with Crippen LogP contribution in [0, 0.1) is 0 Å². The van der Waals surface area contributed by atoms with Crippen LogP contribution in [-0.2, 0) is 10.0 Å². The predicted molar refractivity (Wildman–Crippen MR) is 108 cm³/mol. The van der Waals surface area contributed by atoms with Crippen LogP contribution in [0.3, 0.4) is 0 Å². The first kappa shape index (κ1) is 21.5. The number of benzene rings is 1. The summed E-state index contributed by atoms with van der Waals surface area (Å²) >= 11 is 1.37. The third-order valence-corrected chi connectivity index (χ3v) is 7.00. The van der Waals surface area contributed by atoms with Gasteiger partial charge in [-0.05, 0) is 50.5 Å². The van der Waals surface area contributed by atoms with E-state index in [2.05, 4.69) is 34.1 Å². The minimum absolute atomic E-state index is 0.131. The van der Waals surface area contributed by atoms with Crippen LogP contribution >= 0.6 is 11.3 Å². The Hall–Kier alpha value is -1.84. The van der Waals surface area contributed by atoms with E-state index in [4.69, 9.17) is 0 Å². The van der Waals surface area contributed by atoms with E-state index in [1.54, 1.807) is 6.92 Å². The quantitative estimate of drug-likeness (QED) is 0.655. The highest BCUT2D eigenvalue weighted by atomic mass is 32.2. The molecule has 1 aromatic carbocycles. The first-order valence-corrected chi connectivity index (χ1v) is 11.4. The molecule has 0 saturated heterocycles. The summed E-state index contributed by atoms with van der Waals surface area (Å²) in [6, 6.07) is 5.68. The van der Waals surface area contributed by atoms with Gasteiger partial charge in [-0.3, -0.25) is 10.1 Å². The first-order chi connectivity index (χ1) is 12.8. The molecule has 27 heavy (non-hydrogen) atoms. The van der Waals surface area contributed by atoms with E-state index in [-0.39, 0.29) is 16.8 Å². The van der Waals surface area contributed by atoms with Crippen LogP contribution in [0.5, 0.6) is 0 Å². The van der Waals surface area contributed by atoms with Gasteiger partial charge in [-0.2, -0.15) is 0 Å². The van der Waals surface area contributed by atoms with Crippen molar-refractivity contribution in [1.29, 1.82) is 0 Å². The maximum absolute atomic E-state index is 12.4. The van der Waals surface area contributed by atoms with Crippen molar-refractivity contribution in [3.05, 3.63) is 34.8 Å². The number of rotatable bonds is 9. The molecule has 9 heteroatoms. The van der Waals surface area contributed by atoms with Crippen LogP contribution in [-0.4, -0.2) is 30.6 Å². The van der Waals surface area contributed by atoms with Gasteiger partial charge >= 0.3 is 0 Å². The van der Waals surface area contributed by atoms with E-state index in [1.165, 1.54) is 35.6 Å². The lowest BCUT2D eigenvalue weighted by Crippen LogP contribution is -2.32. The number of carbonyl (C=O) groups excluding carboxylic acids is 1. The average molecular weight is 411 g/mol. The summed E-state index contributed by atoms with van der Waals surface area (Å²) in [5.74, 6) is -0.00302. The lowest BCUT2D eigenvalue weighted by molar-refractivity contribution is 0.102. The molecule has 0 radical (unpaired) electrons. The van der Waals surface area contributed by atoms with Gasteiger partial charge in [0.1, 0.15) is 5.01 Å². The summed E-state index contributed by atoms with van der Waals surface area (Å²) in [5.41, 5.74) is 0.358. The van der Waals surface area contributed by atoms with Crippen LogP contribution < -0.4 is 10.0 Å². The van der Waals surface area contributed by atoms with E-state index in [9.17, 15) is 13.2 Å². The number of anilines is 1. The normalized spacial score (nSPS) is 12.9. The zero-order valence-corrected chi connectivity index (χ0v) is 17.7. The van der Waals surface area contributed by atoms with Gasteiger partial charge in [0.2, 0.25) is 15.2 Å². The monoisotopic (exact) mass is 410 g/mol. The van der Waals surface area contributed by atoms with Crippen LogP contribution in [0.25, 0.3) is 0 Å². The zero-order chi connectivity index (χ0) is 20.0. The number of hydrogen-bond donors (Lipinski definition) is 2. The number of nitrogens with one attached hydrogen (secondary N) is 2. The molecule has 7 nitrogen and oxygen atoms in total. The van der Waals surface area contributed by atoms with Crippen molar-refractivity contribution in [3.63, 3.8) is 0 Å². The molecule has 2 rings (SSSR count). The Kier molecular flexibility index (Phi) is 7.46. The molecule has 0 aliphatic carbocycles. The van der Waals surface area contributed by atoms with Gasteiger partial charge in [0.25, 0.3) is 5.91 Å². The third-order valence-electron chi connectivity index (χ3n) is 4.39. The number of nitrogens with zero attached hydrogens (tertiary/aromatic N) is 2. The number of carbonyl (C=O) groups is 1. The molecular weight excluding hydrogens is 384 g/mol. The van der Waals surface area contributed by atoms with Gasteiger partial charge in [-0.1, -0.05) is 32.1 Å². The minimum Gasteiger partial charge on any atom is -0.296 e. The van der Waals surface area contributed by atoms with Crippen LogP contribution in [0.1, 0.15) is 68.2 Å². The molecule has 0 aliphatic heterocycles. The molecule has 1 amide bonds. The molecule has 2 aromatic rings. The molecule has 0 bridgehead atoms. The van der Waals surface area contributed by atoms with Crippen molar-refractivity contribution in [1.82, 2.24) is 14.9 Å². The molecule has 1 aromatic heterocycles. The van der Waals surface area contributed by atoms with Gasteiger partial charge in [0.05, 0.1) is 4.90 Å². The van der Waals surface area contributed by atoms with Crippen molar-refractivity contribution in [2.24, 2.45) is 0 Å². The summed E-state index contributed by atoms with van der Waals surface area (Å²) in [7, 11) is -3.59. The fourth-order valence-electron chi connectivity index (χ4n) is 2.46. The summed E-state index contributed by atoms with van der Waals surface area (Å²) in [4.78, 5) is 12.5. The van der Waals surface area contributed by atoms with Crippen molar-refractivity contribution < 1.29 is 13.2 Å². The zero-order valence-electron chi connectivity index (χ0n) is 16.0. The minimum atomic E-state index is -3.59. The molecule has 0 spiro atoms. The van der Waals surface area contributed by atoms with Gasteiger partial charge in [0.15, 0.2) is 0 Å². The van der Waals surface area contributed by atoms with Crippen molar-refractivity contribution in [3.8, 4) is 0 Å². The first-order valence-electron chi connectivity index (χ1n) is 9.07. The van der Waals surface area contributed by atoms with E-state index >= 15 is 0 Å². The van der Waals surface area contributed by atoms with Crippen LogP contribution in [0.4, 0.5) is 5.13 Å². The van der Waals surface area contributed by atoms with Gasteiger partial charge < -0.3 is 0 Å². The summed E-state index contributed by atoms with van der Waals surface area (Å²) in [6.07, 6.45) is 2.64. The Labute approximate surface area is 164 Å². The number of aromatic nitrogens is 2. The topological polar surface area (TPSA) is 101 Å². The Morgan fingerprint density at radius 1 is 1.07 bits per heavy atom. The lowest BCUT2D eigenvalue weighted by atomic mass is 10.1. The second kappa shape index (κ2) is 9.38. The highest BCUT2D eigenvalue weighted by Crippen LogP contribution is 2.28. The Morgan fingerprint density at radius 2 is 1.70 bits per heavy atom. The number of hydrogen-bond acceptors (Lipinski definition) is 6. The van der Waals surface area contributed by atoms with Gasteiger partial charge in [0, 0.05) is 17.5 Å². The molecule has 1 unspecified atom stereocenters. The van der Waals surface area contributed by atoms with Gasteiger partial charge in [-0.15, -0.1) is 10.2 Å². The largest absolute Gasteiger partial charge is 0.296 e. The fourth-order valence-corrected chi connectivity index (χ4v) is 4.79. The van der Waals surface area contributed by atoms with Gasteiger partial charge in [-0.25, -0.2) is 13.1 Å². The van der Waals surface area contributed by atoms with E-state index in [1.807, 2.05) is 6.92 Å². The molecule has 0 aliphatic rings. The molecule has 0 saturated carbocycles. The molecular formula is C18H26N4O3S2. The predicted octanol–water partition coefficient (Wildman–Crippen LogP) is 3.77. The molecule has 148 valence electrons. The molecule has 1 atom stereocenters. The lowest BCUT2D eigenvalue weighted by Gasteiger charge is -2.12. The number of amides is 1. The highest BCUT2D eigenvalue weighted by molar-refractivity contribution is 7.89.